The van der Waals surface area contributed by atoms with Crippen molar-refractivity contribution in [1.82, 2.24) is 25.4 Å². The molecule has 1 aliphatic heterocycles. The maximum absolute atomic E-state index is 13.1. The van der Waals surface area contributed by atoms with E-state index in [2.05, 4.69) is 37.9 Å². The number of urea groups is 1. The first-order valence-corrected chi connectivity index (χ1v) is 10.7. The summed E-state index contributed by atoms with van der Waals surface area (Å²) in [5, 5.41) is 13.1. The molecule has 5 rings (SSSR count). The van der Waals surface area contributed by atoms with Gasteiger partial charge >= 0.3 is 12.2 Å². The maximum atomic E-state index is 13.1. The van der Waals surface area contributed by atoms with E-state index in [1.54, 1.807) is 4.90 Å². The zero-order valence-corrected chi connectivity index (χ0v) is 18.1. The van der Waals surface area contributed by atoms with Crippen LogP contribution in [0.1, 0.15) is 48.7 Å². The minimum atomic E-state index is -4.54. The first-order chi connectivity index (χ1) is 15.6. The van der Waals surface area contributed by atoms with E-state index < -0.39 is 17.4 Å². The maximum Gasteiger partial charge on any atom is 0.433 e. The molecule has 0 spiro atoms. The average Bonchev–Trinajstić information content (AvgIpc) is 3.33. The van der Waals surface area contributed by atoms with Crippen LogP contribution in [0, 0.1) is 0 Å². The Morgan fingerprint density at radius 3 is 2.64 bits per heavy atom. The van der Waals surface area contributed by atoms with E-state index in [9.17, 15) is 18.0 Å². The van der Waals surface area contributed by atoms with E-state index in [0.717, 1.165) is 23.7 Å². The largest absolute Gasteiger partial charge is 0.433 e. The molecule has 7 nitrogen and oxygen atoms in total. The van der Waals surface area contributed by atoms with E-state index in [1.807, 2.05) is 32.0 Å². The lowest BCUT2D eigenvalue weighted by molar-refractivity contribution is -0.141. The second-order valence-electron chi connectivity index (χ2n) is 8.91. The zero-order chi connectivity index (χ0) is 23.4. The number of benzene rings is 1. The van der Waals surface area contributed by atoms with Gasteiger partial charge in [-0.15, -0.1) is 0 Å². The fraction of sp³-hybridized carbons (Fsp3) is 0.348. The van der Waals surface area contributed by atoms with Crippen LogP contribution in [0.15, 0.2) is 48.5 Å². The van der Waals surface area contributed by atoms with Gasteiger partial charge in [0, 0.05) is 17.5 Å². The number of halogens is 3. The highest BCUT2D eigenvalue weighted by atomic mass is 19.4. The molecule has 3 heterocycles. The molecular formula is C23H23F3N6O. The average molecular weight is 456 g/mol. The van der Waals surface area contributed by atoms with Crippen LogP contribution in [-0.4, -0.2) is 32.2 Å². The van der Waals surface area contributed by atoms with Crippen molar-refractivity contribution in [2.24, 2.45) is 0 Å². The highest BCUT2D eigenvalue weighted by molar-refractivity contribution is 5.78. The Hall–Kier alpha value is -3.56. The van der Waals surface area contributed by atoms with Gasteiger partial charge in [0.1, 0.15) is 11.5 Å². The third kappa shape index (κ3) is 3.90. The molecule has 10 heteroatoms. The van der Waals surface area contributed by atoms with Gasteiger partial charge in [-0.2, -0.15) is 18.3 Å². The molecule has 172 valence electrons. The Morgan fingerprint density at radius 1 is 1.15 bits per heavy atom. The van der Waals surface area contributed by atoms with Crippen molar-refractivity contribution < 1.29 is 18.0 Å². The first-order valence-electron chi connectivity index (χ1n) is 10.7. The molecule has 2 atom stereocenters. The summed E-state index contributed by atoms with van der Waals surface area (Å²) < 4.78 is 39.0. The topological polar surface area (TPSA) is 85.9 Å². The third-order valence-corrected chi connectivity index (χ3v) is 6.33. The number of hydrogen-bond acceptors (Lipinski definition) is 4. The number of carbonyl (C=O) groups excluding carboxylic acids is 1. The van der Waals surface area contributed by atoms with Crippen molar-refractivity contribution >= 4 is 17.7 Å². The first kappa shape index (κ1) is 21.3. The molecule has 33 heavy (non-hydrogen) atoms. The van der Waals surface area contributed by atoms with Gasteiger partial charge in [-0.05, 0) is 38.0 Å². The number of H-pyrrole nitrogens is 1. The minimum absolute atomic E-state index is 0.0310. The molecule has 0 bridgehead atoms. The van der Waals surface area contributed by atoms with Crippen LogP contribution in [0.4, 0.5) is 29.6 Å². The number of anilines is 2. The molecule has 0 saturated heterocycles. The third-order valence-electron chi connectivity index (χ3n) is 6.33. The van der Waals surface area contributed by atoms with Gasteiger partial charge in [0.15, 0.2) is 5.82 Å². The molecule has 1 aliphatic carbocycles. The van der Waals surface area contributed by atoms with Crippen molar-refractivity contribution in [3.8, 4) is 0 Å². The number of amides is 2. The highest BCUT2D eigenvalue weighted by Crippen LogP contribution is 2.43. The number of hydrogen-bond donors (Lipinski definition) is 3. The number of rotatable bonds is 4. The van der Waals surface area contributed by atoms with Crippen molar-refractivity contribution in [2.75, 3.05) is 5.32 Å². The van der Waals surface area contributed by atoms with Gasteiger partial charge in [0.25, 0.3) is 0 Å². The molecule has 2 amide bonds. The summed E-state index contributed by atoms with van der Waals surface area (Å²) in [5.41, 5.74) is 1.02. The van der Waals surface area contributed by atoms with Gasteiger partial charge in [-0.1, -0.05) is 36.4 Å². The summed E-state index contributed by atoms with van der Waals surface area (Å²) in [6.45, 7) is 4.09. The molecule has 1 saturated carbocycles. The van der Waals surface area contributed by atoms with Gasteiger partial charge in [-0.3, -0.25) is 5.10 Å². The molecular weight excluding hydrogens is 433 g/mol. The van der Waals surface area contributed by atoms with Gasteiger partial charge in [0.2, 0.25) is 0 Å². The van der Waals surface area contributed by atoms with Crippen LogP contribution in [0.2, 0.25) is 0 Å². The Bertz CT molecular complexity index is 1190. The van der Waals surface area contributed by atoms with E-state index >= 15 is 0 Å². The van der Waals surface area contributed by atoms with Crippen LogP contribution >= 0.6 is 0 Å². The molecule has 3 aromatic rings. The van der Waals surface area contributed by atoms with E-state index in [0.29, 0.717) is 11.7 Å². The quantitative estimate of drug-likeness (QED) is 0.522. The van der Waals surface area contributed by atoms with Crippen molar-refractivity contribution in [2.45, 2.75) is 50.5 Å². The number of pyridine rings is 1. The smallest absolute Gasteiger partial charge is 0.335 e. The lowest BCUT2D eigenvalue weighted by atomic mass is 10.0. The predicted octanol–water partition coefficient (Wildman–Crippen LogP) is 4.88. The van der Waals surface area contributed by atoms with Crippen LogP contribution in [0.5, 0.6) is 0 Å². The van der Waals surface area contributed by atoms with Crippen LogP contribution < -0.4 is 10.6 Å². The molecule has 2 aliphatic rings. The van der Waals surface area contributed by atoms with E-state index in [4.69, 9.17) is 0 Å². The summed E-state index contributed by atoms with van der Waals surface area (Å²) in [7, 11) is 0. The number of carbonyl (C=O) groups is 1. The predicted molar refractivity (Wildman–Crippen MR) is 116 cm³/mol. The Kier molecular flexibility index (Phi) is 4.84. The SMILES string of the molecule is CC1(C)c2[nH]nc(Nc3cccc(C(F)(F)F)n3)c2CN1C(=O)N[C@H]1C[C@@H]1c1ccccc1. The molecule has 2 aromatic heterocycles. The fourth-order valence-electron chi connectivity index (χ4n) is 4.39. The lowest BCUT2D eigenvalue weighted by Crippen LogP contribution is -2.47. The number of aromatic nitrogens is 3. The van der Waals surface area contributed by atoms with Gasteiger partial charge in [0.05, 0.1) is 17.8 Å². The molecule has 0 radical (unpaired) electrons. The van der Waals surface area contributed by atoms with Crippen molar-refractivity contribution in [1.29, 1.82) is 0 Å². The zero-order valence-electron chi connectivity index (χ0n) is 18.1. The van der Waals surface area contributed by atoms with Crippen LogP contribution in [0.25, 0.3) is 0 Å². The number of fused-ring (bicyclic) bond motifs is 1. The Morgan fingerprint density at radius 2 is 1.91 bits per heavy atom. The van der Waals surface area contributed by atoms with Gasteiger partial charge < -0.3 is 15.5 Å². The number of nitrogens with one attached hydrogen (secondary N) is 3. The Labute approximate surface area is 188 Å². The standard InChI is InChI=1S/C23H23F3N6O/c1-22(2)19-15(20(31-30-19)29-18-10-6-9-17(28-18)23(24,25)26)12-32(22)21(33)27-16-11-14(16)13-7-4-3-5-8-13/h3-10,14,16H,11-12H2,1-2H3,(H,27,33)(H2,28,29,30,31)/t14-,16+/m1/s1. The number of alkyl halides is 3. The normalized spacial score (nSPS) is 20.9. The number of aromatic amines is 1. The Balaban J connectivity index is 1.30. The molecule has 0 unspecified atom stereocenters. The molecule has 3 N–H and O–H groups in total. The summed E-state index contributed by atoms with van der Waals surface area (Å²) in [6, 6.07) is 13.6. The van der Waals surface area contributed by atoms with Crippen molar-refractivity contribution in [3.63, 3.8) is 0 Å². The van der Waals surface area contributed by atoms with Crippen LogP contribution in [-0.2, 0) is 18.3 Å². The van der Waals surface area contributed by atoms with E-state index in [-0.39, 0.29) is 24.4 Å². The monoisotopic (exact) mass is 456 g/mol. The van der Waals surface area contributed by atoms with Crippen molar-refractivity contribution in [3.05, 3.63) is 71.0 Å². The minimum Gasteiger partial charge on any atom is -0.335 e. The second kappa shape index (κ2) is 7.50. The van der Waals surface area contributed by atoms with Gasteiger partial charge in [-0.25, -0.2) is 9.78 Å². The van der Waals surface area contributed by atoms with E-state index in [1.165, 1.54) is 17.7 Å². The highest BCUT2D eigenvalue weighted by Gasteiger charge is 2.46. The fourth-order valence-corrected chi connectivity index (χ4v) is 4.39. The summed E-state index contributed by atoms with van der Waals surface area (Å²) in [6.07, 6.45) is -3.65. The molecule has 1 fully saturated rings. The summed E-state index contributed by atoms with van der Waals surface area (Å²) >= 11 is 0. The van der Waals surface area contributed by atoms with Crippen LogP contribution in [0.3, 0.4) is 0 Å². The molecule has 1 aromatic carbocycles. The lowest BCUT2D eigenvalue weighted by Gasteiger charge is -2.32. The number of nitrogens with zero attached hydrogens (tertiary/aromatic N) is 3. The summed E-state index contributed by atoms with van der Waals surface area (Å²) in [4.78, 5) is 18.4. The second-order valence-corrected chi connectivity index (χ2v) is 8.91. The summed E-state index contributed by atoms with van der Waals surface area (Å²) in [5.74, 6) is 0.696.